The molecule has 0 unspecified atom stereocenters. The Morgan fingerprint density at radius 1 is 1.35 bits per heavy atom. The molecule has 1 aromatic carbocycles. The highest BCUT2D eigenvalue weighted by molar-refractivity contribution is 7.98. The van der Waals surface area contributed by atoms with Crippen molar-refractivity contribution in [2.75, 3.05) is 5.43 Å². The molecule has 0 fully saturated rings. The van der Waals surface area contributed by atoms with Gasteiger partial charge in [0.25, 0.3) is 0 Å². The first-order valence-corrected chi connectivity index (χ1v) is 7.58. The highest BCUT2D eigenvalue weighted by atomic mass is 35.5. The highest BCUT2D eigenvalue weighted by Crippen LogP contribution is 2.33. The second kappa shape index (κ2) is 5.55. The molecule has 4 nitrogen and oxygen atoms in total. The predicted molar refractivity (Wildman–Crippen MR) is 79.1 cm³/mol. The highest BCUT2D eigenvalue weighted by Gasteiger charge is 2.20. The van der Waals surface area contributed by atoms with Crippen LogP contribution in [-0.2, 0) is 17.9 Å². The van der Waals surface area contributed by atoms with Crippen LogP contribution in [0.1, 0.15) is 22.6 Å². The van der Waals surface area contributed by atoms with Crippen LogP contribution in [0.15, 0.2) is 18.2 Å². The number of nitrogen functional groups attached to an aromatic ring is 1. The Hall–Kier alpha value is -1.37. The average Bonchev–Trinajstić information content (AvgIpc) is 2.90. The fourth-order valence-electron chi connectivity index (χ4n) is 2.16. The number of thioether (sulfide) groups is 1. The summed E-state index contributed by atoms with van der Waals surface area (Å²) in [7, 11) is 0. The summed E-state index contributed by atoms with van der Waals surface area (Å²) in [5.74, 6) is 7.95. The molecule has 0 bridgehead atoms. The van der Waals surface area contributed by atoms with Gasteiger partial charge in [-0.3, -0.25) is 0 Å². The second-order valence-electron chi connectivity index (χ2n) is 4.43. The van der Waals surface area contributed by atoms with Crippen LogP contribution in [0.3, 0.4) is 0 Å². The fraction of sp³-hybridized carbons (Fsp3) is 0.231. The zero-order valence-electron chi connectivity index (χ0n) is 10.5. The zero-order chi connectivity index (χ0) is 14.1. The third-order valence-corrected chi connectivity index (χ3v) is 4.48. The van der Waals surface area contributed by atoms with Gasteiger partial charge in [0.05, 0.1) is 5.69 Å². The van der Waals surface area contributed by atoms with Crippen molar-refractivity contribution in [2.45, 2.75) is 17.9 Å². The number of fused-ring (bicyclic) bond motifs is 1. The standard InChI is InChI=1S/C13H12ClFN4S/c14-9-2-1-3-10(15)7(9)4-12-17-11-6-20-5-8(11)13(18-12)19-16/h1-3H,4-6,16H2,(H,17,18,19). The smallest absolute Gasteiger partial charge is 0.148 e. The van der Waals surface area contributed by atoms with E-state index >= 15 is 0 Å². The van der Waals surface area contributed by atoms with E-state index in [-0.39, 0.29) is 12.2 Å². The maximum Gasteiger partial charge on any atom is 0.148 e. The Morgan fingerprint density at radius 3 is 2.95 bits per heavy atom. The molecule has 1 aliphatic heterocycles. The van der Waals surface area contributed by atoms with E-state index in [1.807, 2.05) is 0 Å². The van der Waals surface area contributed by atoms with Gasteiger partial charge in [0.1, 0.15) is 17.5 Å². The summed E-state index contributed by atoms with van der Waals surface area (Å²) < 4.78 is 13.8. The van der Waals surface area contributed by atoms with Gasteiger partial charge in [0.2, 0.25) is 0 Å². The first kappa shape index (κ1) is 13.6. The Kier molecular flexibility index (Phi) is 3.78. The molecule has 2 heterocycles. The van der Waals surface area contributed by atoms with Gasteiger partial charge in [-0.2, -0.15) is 11.8 Å². The molecule has 1 aromatic heterocycles. The van der Waals surface area contributed by atoms with Gasteiger partial charge in [0, 0.05) is 34.1 Å². The minimum atomic E-state index is -0.349. The molecule has 0 saturated heterocycles. The van der Waals surface area contributed by atoms with Crippen molar-refractivity contribution in [3.63, 3.8) is 0 Å². The molecule has 0 radical (unpaired) electrons. The van der Waals surface area contributed by atoms with Gasteiger partial charge in [0.15, 0.2) is 0 Å². The molecular weight excluding hydrogens is 299 g/mol. The first-order chi connectivity index (χ1) is 9.69. The van der Waals surface area contributed by atoms with Crippen molar-refractivity contribution in [3.05, 3.63) is 51.7 Å². The fourth-order valence-corrected chi connectivity index (χ4v) is 3.43. The zero-order valence-corrected chi connectivity index (χ0v) is 12.1. The molecule has 0 atom stereocenters. The number of hydrogen-bond donors (Lipinski definition) is 2. The van der Waals surface area contributed by atoms with Gasteiger partial charge in [-0.15, -0.1) is 0 Å². The van der Waals surface area contributed by atoms with E-state index < -0.39 is 0 Å². The summed E-state index contributed by atoms with van der Waals surface area (Å²) in [4.78, 5) is 8.84. The van der Waals surface area contributed by atoms with E-state index in [1.54, 1.807) is 23.9 Å². The summed E-state index contributed by atoms with van der Waals surface area (Å²) in [6.45, 7) is 0. The summed E-state index contributed by atoms with van der Waals surface area (Å²) >= 11 is 7.79. The molecule has 3 rings (SSSR count). The Balaban J connectivity index is 1.99. The SMILES string of the molecule is NNc1nc(Cc2c(F)cccc2Cl)nc2c1CSC2. The largest absolute Gasteiger partial charge is 0.308 e. The molecular formula is C13H12ClFN4S. The van der Waals surface area contributed by atoms with Gasteiger partial charge in [-0.05, 0) is 12.1 Å². The number of nitrogens with two attached hydrogens (primary N) is 1. The van der Waals surface area contributed by atoms with Crippen molar-refractivity contribution < 1.29 is 4.39 Å². The van der Waals surface area contributed by atoms with Crippen LogP contribution >= 0.6 is 23.4 Å². The van der Waals surface area contributed by atoms with Crippen molar-refractivity contribution >= 4 is 29.2 Å². The van der Waals surface area contributed by atoms with E-state index in [2.05, 4.69) is 15.4 Å². The molecule has 1 aliphatic rings. The maximum absolute atomic E-state index is 13.8. The summed E-state index contributed by atoms with van der Waals surface area (Å²) in [6.07, 6.45) is 0.248. The number of benzene rings is 1. The third-order valence-electron chi connectivity index (χ3n) is 3.16. The Morgan fingerprint density at radius 2 is 2.20 bits per heavy atom. The third kappa shape index (κ3) is 2.46. The minimum absolute atomic E-state index is 0.248. The van der Waals surface area contributed by atoms with Crippen LogP contribution in [0.2, 0.25) is 5.02 Å². The van der Waals surface area contributed by atoms with Crippen molar-refractivity contribution in [1.29, 1.82) is 0 Å². The topological polar surface area (TPSA) is 63.8 Å². The lowest BCUT2D eigenvalue weighted by molar-refractivity contribution is 0.612. The minimum Gasteiger partial charge on any atom is -0.308 e. The van der Waals surface area contributed by atoms with Crippen LogP contribution in [0.25, 0.3) is 0 Å². The van der Waals surface area contributed by atoms with Gasteiger partial charge in [-0.1, -0.05) is 17.7 Å². The first-order valence-electron chi connectivity index (χ1n) is 6.05. The number of rotatable bonds is 3. The molecule has 104 valence electrons. The Labute approximate surface area is 124 Å². The number of nitrogens with one attached hydrogen (secondary N) is 1. The van der Waals surface area contributed by atoms with E-state index in [0.29, 0.717) is 22.2 Å². The van der Waals surface area contributed by atoms with Crippen LogP contribution in [-0.4, -0.2) is 9.97 Å². The number of anilines is 1. The lowest BCUT2D eigenvalue weighted by Crippen LogP contribution is -2.14. The van der Waals surface area contributed by atoms with E-state index in [4.69, 9.17) is 17.4 Å². The number of hydrazine groups is 1. The van der Waals surface area contributed by atoms with Crippen LogP contribution < -0.4 is 11.3 Å². The second-order valence-corrected chi connectivity index (χ2v) is 5.82. The van der Waals surface area contributed by atoms with Crippen LogP contribution in [0, 0.1) is 5.82 Å². The van der Waals surface area contributed by atoms with E-state index in [1.165, 1.54) is 6.07 Å². The Bertz CT molecular complexity index is 645. The van der Waals surface area contributed by atoms with Gasteiger partial charge >= 0.3 is 0 Å². The summed E-state index contributed by atoms with van der Waals surface area (Å²) in [5.41, 5.74) is 4.98. The molecule has 2 aromatic rings. The van der Waals surface area contributed by atoms with Gasteiger partial charge < -0.3 is 5.43 Å². The lowest BCUT2D eigenvalue weighted by atomic mass is 10.1. The lowest BCUT2D eigenvalue weighted by Gasteiger charge is -2.10. The van der Waals surface area contributed by atoms with Crippen LogP contribution in [0.4, 0.5) is 10.2 Å². The molecule has 0 saturated carbocycles. The molecule has 20 heavy (non-hydrogen) atoms. The van der Waals surface area contributed by atoms with E-state index in [0.717, 1.165) is 22.8 Å². The maximum atomic E-state index is 13.8. The number of halogens is 2. The monoisotopic (exact) mass is 310 g/mol. The van der Waals surface area contributed by atoms with Crippen molar-refractivity contribution in [1.82, 2.24) is 9.97 Å². The van der Waals surface area contributed by atoms with Gasteiger partial charge in [-0.25, -0.2) is 20.2 Å². The van der Waals surface area contributed by atoms with Crippen LogP contribution in [0.5, 0.6) is 0 Å². The number of nitrogens with zero attached hydrogens (tertiary/aromatic N) is 2. The molecule has 3 N–H and O–H groups in total. The number of aromatic nitrogens is 2. The van der Waals surface area contributed by atoms with Crippen molar-refractivity contribution in [2.24, 2.45) is 5.84 Å². The summed E-state index contributed by atoms with van der Waals surface area (Å²) in [6, 6.07) is 4.62. The van der Waals surface area contributed by atoms with Crippen molar-refractivity contribution in [3.8, 4) is 0 Å². The number of hydrogen-bond acceptors (Lipinski definition) is 5. The molecule has 0 spiro atoms. The van der Waals surface area contributed by atoms with E-state index in [9.17, 15) is 4.39 Å². The normalized spacial score (nSPS) is 13.3. The molecule has 0 amide bonds. The summed E-state index contributed by atoms with van der Waals surface area (Å²) in [5, 5.41) is 0.380. The molecule has 7 heteroatoms. The average molecular weight is 311 g/mol. The molecule has 0 aliphatic carbocycles. The quantitative estimate of drug-likeness (QED) is 0.674. The predicted octanol–water partition coefficient (Wildman–Crippen LogP) is 2.89.